The van der Waals surface area contributed by atoms with Gasteiger partial charge in [-0.15, -0.1) is 11.3 Å². The minimum absolute atomic E-state index is 0.906. The summed E-state index contributed by atoms with van der Waals surface area (Å²) in [6.45, 7) is 0. The highest BCUT2D eigenvalue weighted by atomic mass is 32.1. The number of nitrogens with zero attached hydrogens (tertiary/aromatic N) is 3. The number of aromatic nitrogens is 3. The van der Waals surface area contributed by atoms with Gasteiger partial charge in [0.05, 0.1) is 22.1 Å². The van der Waals surface area contributed by atoms with Crippen LogP contribution in [0.2, 0.25) is 0 Å². The zero-order valence-electron chi connectivity index (χ0n) is 22.6. The monoisotopic (exact) mass is 565 g/mol. The van der Waals surface area contributed by atoms with Gasteiger partial charge in [0.15, 0.2) is 5.65 Å². The van der Waals surface area contributed by atoms with Crippen molar-refractivity contribution in [1.82, 2.24) is 14.4 Å². The molecule has 4 nitrogen and oxygen atoms in total. The number of hydrogen-bond acceptors (Lipinski definition) is 4. The van der Waals surface area contributed by atoms with Gasteiger partial charge in [-0.1, -0.05) is 66.7 Å². The molecule has 5 heterocycles. The van der Waals surface area contributed by atoms with Crippen molar-refractivity contribution in [2.45, 2.75) is 0 Å². The van der Waals surface area contributed by atoms with E-state index in [1.54, 1.807) is 0 Å². The summed E-state index contributed by atoms with van der Waals surface area (Å²) in [6.07, 6.45) is 0. The number of fused-ring (bicyclic) bond motifs is 14. The summed E-state index contributed by atoms with van der Waals surface area (Å²) in [7, 11) is 0. The lowest BCUT2D eigenvalue weighted by molar-refractivity contribution is 0.669. The molecule has 0 spiro atoms. The quantitative estimate of drug-likeness (QED) is 0.199. The molecule has 0 aliphatic heterocycles. The van der Waals surface area contributed by atoms with Crippen LogP contribution in [0.1, 0.15) is 0 Å². The maximum absolute atomic E-state index is 6.11. The van der Waals surface area contributed by atoms with E-state index in [4.69, 9.17) is 14.4 Å². The van der Waals surface area contributed by atoms with Gasteiger partial charge in [0, 0.05) is 47.1 Å². The number of rotatable bonds is 1. The summed E-state index contributed by atoms with van der Waals surface area (Å²) in [5, 5.41) is 8.50. The normalized spacial score (nSPS) is 12.7. The van der Waals surface area contributed by atoms with Crippen LogP contribution in [0, 0.1) is 0 Å². The summed E-state index contributed by atoms with van der Waals surface area (Å²) in [6, 6.07) is 40.9. The molecule has 5 heteroatoms. The second-order valence-electron chi connectivity index (χ2n) is 11.4. The Hall–Kier alpha value is -5.52. The first-order chi connectivity index (χ1) is 21.3. The van der Waals surface area contributed by atoms with Crippen molar-refractivity contribution in [2.75, 3.05) is 0 Å². The molecule has 0 saturated carbocycles. The molecule has 198 valence electrons. The van der Waals surface area contributed by atoms with E-state index in [9.17, 15) is 0 Å². The number of furan rings is 1. The van der Waals surface area contributed by atoms with Gasteiger partial charge in [-0.2, -0.15) is 0 Å². The predicted octanol–water partition coefficient (Wildman–Crippen LogP) is 10.7. The fourth-order valence-corrected chi connectivity index (χ4v) is 8.38. The van der Waals surface area contributed by atoms with Crippen molar-refractivity contribution < 1.29 is 4.42 Å². The van der Waals surface area contributed by atoms with Gasteiger partial charge >= 0.3 is 0 Å². The highest BCUT2D eigenvalue weighted by Crippen LogP contribution is 2.47. The molecule has 0 aliphatic rings. The Morgan fingerprint density at radius 2 is 1.28 bits per heavy atom. The van der Waals surface area contributed by atoms with E-state index in [1.165, 1.54) is 41.8 Å². The van der Waals surface area contributed by atoms with Crippen molar-refractivity contribution in [2.24, 2.45) is 0 Å². The Labute approximate surface area is 247 Å². The molecular weight excluding hydrogens is 547 g/mol. The number of thiophene rings is 1. The van der Waals surface area contributed by atoms with Gasteiger partial charge in [-0.25, -0.2) is 9.97 Å². The van der Waals surface area contributed by atoms with E-state index >= 15 is 0 Å². The zero-order chi connectivity index (χ0) is 27.8. The van der Waals surface area contributed by atoms with Crippen molar-refractivity contribution in [3.8, 4) is 11.1 Å². The fraction of sp³-hybridized carbons (Fsp3) is 0. The Bertz CT molecular complexity index is 2960. The van der Waals surface area contributed by atoms with Gasteiger partial charge in [-0.05, 0) is 59.7 Å². The molecule has 43 heavy (non-hydrogen) atoms. The van der Waals surface area contributed by atoms with Gasteiger partial charge in [-0.3, -0.25) is 4.40 Å². The van der Waals surface area contributed by atoms with Crippen molar-refractivity contribution in [3.05, 3.63) is 115 Å². The van der Waals surface area contributed by atoms with Crippen LogP contribution in [-0.2, 0) is 0 Å². The first-order valence-electron chi connectivity index (χ1n) is 14.4. The van der Waals surface area contributed by atoms with Crippen LogP contribution in [0.15, 0.2) is 120 Å². The third kappa shape index (κ3) is 2.75. The molecule has 0 saturated heterocycles. The van der Waals surface area contributed by atoms with E-state index < -0.39 is 0 Å². The van der Waals surface area contributed by atoms with Crippen LogP contribution in [0.5, 0.6) is 0 Å². The lowest BCUT2D eigenvalue weighted by Gasteiger charge is -2.05. The van der Waals surface area contributed by atoms with Gasteiger partial charge in [0.25, 0.3) is 0 Å². The first kappa shape index (κ1) is 22.1. The van der Waals surface area contributed by atoms with E-state index in [1.807, 2.05) is 35.6 Å². The Morgan fingerprint density at radius 1 is 0.535 bits per heavy atom. The smallest absolute Gasteiger partial charge is 0.165 e. The molecule has 11 aromatic rings. The molecule has 0 unspecified atom stereocenters. The Morgan fingerprint density at radius 3 is 2.21 bits per heavy atom. The summed E-state index contributed by atoms with van der Waals surface area (Å²) in [5.41, 5.74) is 10.2. The first-order valence-corrected chi connectivity index (χ1v) is 15.2. The number of hydrogen-bond donors (Lipinski definition) is 0. The van der Waals surface area contributed by atoms with Crippen molar-refractivity contribution >= 4 is 103 Å². The highest BCUT2D eigenvalue weighted by Gasteiger charge is 2.24. The Balaban J connectivity index is 1.30. The predicted molar refractivity (Wildman–Crippen MR) is 180 cm³/mol. The molecule has 0 fully saturated rings. The molecule has 0 bridgehead atoms. The molecular formula is C38H19N3OS. The van der Waals surface area contributed by atoms with Crippen LogP contribution < -0.4 is 0 Å². The van der Waals surface area contributed by atoms with Crippen molar-refractivity contribution in [3.63, 3.8) is 0 Å². The summed E-state index contributed by atoms with van der Waals surface area (Å²) < 4.78 is 11.0. The summed E-state index contributed by atoms with van der Waals surface area (Å²) in [5.74, 6) is 0. The second kappa shape index (κ2) is 7.65. The molecule has 0 atom stereocenters. The minimum atomic E-state index is 0.906. The summed E-state index contributed by atoms with van der Waals surface area (Å²) in [4.78, 5) is 10.5. The van der Waals surface area contributed by atoms with Gasteiger partial charge in [0.1, 0.15) is 16.7 Å². The van der Waals surface area contributed by atoms with Crippen LogP contribution in [0.3, 0.4) is 0 Å². The van der Waals surface area contributed by atoms with E-state index in [2.05, 4.69) is 95.4 Å². The lowest BCUT2D eigenvalue weighted by atomic mass is 10.0. The SMILES string of the molecule is c1ccc2nc3c(nc2c1)c1c2c(cc4c5ccc(-c6ccc7oc8ccccc8c7c6)cc5n3c41)sc1ccccc12. The second-order valence-corrected chi connectivity index (χ2v) is 12.5. The highest BCUT2D eigenvalue weighted by molar-refractivity contribution is 7.26. The molecule has 6 aromatic carbocycles. The zero-order valence-corrected chi connectivity index (χ0v) is 23.4. The molecule has 0 N–H and O–H groups in total. The summed E-state index contributed by atoms with van der Waals surface area (Å²) >= 11 is 1.86. The minimum Gasteiger partial charge on any atom is -0.456 e. The molecule has 0 radical (unpaired) electrons. The third-order valence-corrected chi connectivity index (χ3v) is 10.2. The largest absolute Gasteiger partial charge is 0.456 e. The van der Waals surface area contributed by atoms with Gasteiger partial charge < -0.3 is 4.42 Å². The maximum Gasteiger partial charge on any atom is 0.165 e. The molecule has 0 amide bonds. The van der Waals surface area contributed by atoms with Crippen LogP contribution in [0.25, 0.3) is 103 Å². The average Bonchev–Trinajstić information content (AvgIpc) is 3.79. The van der Waals surface area contributed by atoms with E-state index in [0.717, 1.165) is 60.8 Å². The van der Waals surface area contributed by atoms with Gasteiger partial charge in [0.2, 0.25) is 0 Å². The lowest BCUT2D eigenvalue weighted by Crippen LogP contribution is -1.89. The van der Waals surface area contributed by atoms with Crippen LogP contribution in [0.4, 0.5) is 0 Å². The Kier molecular flexibility index (Phi) is 3.94. The number of para-hydroxylation sites is 3. The molecule has 0 aliphatic carbocycles. The number of benzene rings is 6. The van der Waals surface area contributed by atoms with E-state index in [0.29, 0.717) is 0 Å². The average molecular weight is 566 g/mol. The third-order valence-electron chi connectivity index (χ3n) is 9.10. The van der Waals surface area contributed by atoms with Crippen LogP contribution >= 0.6 is 11.3 Å². The maximum atomic E-state index is 6.11. The topological polar surface area (TPSA) is 43.3 Å². The standard InChI is InChI=1S/C38H19N3OS/c1-5-11-30-23(7-1)25-17-20(14-16-31(25)42-30)21-13-15-22-26-19-33-34(24-8-2-6-12-32(24)43-33)35-36-38(41(37(26)35)29(22)18-21)40-28-10-4-3-9-27(28)39-36/h1-19H. The molecule has 5 aromatic heterocycles. The molecule has 11 rings (SSSR count). The fourth-order valence-electron chi connectivity index (χ4n) is 7.23. The van der Waals surface area contributed by atoms with E-state index in [-0.39, 0.29) is 0 Å². The van der Waals surface area contributed by atoms with Crippen molar-refractivity contribution in [1.29, 1.82) is 0 Å². The van der Waals surface area contributed by atoms with Crippen LogP contribution in [-0.4, -0.2) is 14.4 Å².